The monoisotopic (exact) mass is 371 g/mol. The van der Waals surface area contributed by atoms with Crippen molar-refractivity contribution in [3.8, 4) is 17.2 Å². The summed E-state index contributed by atoms with van der Waals surface area (Å²) in [6, 6.07) is 13.3. The molecule has 0 atom stereocenters. The molecular formula is C22H29NO4. The predicted molar refractivity (Wildman–Crippen MR) is 106 cm³/mol. The van der Waals surface area contributed by atoms with Crippen molar-refractivity contribution in [1.82, 2.24) is 5.32 Å². The minimum absolute atomic E-state index is 0.0155. The van der Waals surface area contributed by atoms with Gasteiger partial charge in [-0.15, -0.1) is 0 Å². The van der Waals surface area contributed by atoms with Crippen molar-refractivity contribution in [2.45, 2.75) is 33.7 Å². The zero-order valence-electron chi connectivity index (χ0n) is 16.6. The Bertz CT molecular complexity index is 743. The summed E-state index contributed by atoms with van der Waals surface area (Å²) >= 11 is 0. The molecule has 0 aliphatic rings. The number of aryl methyl sites for hydroxylation is 1. The van der Waals surface area contributed by atoms with Crippen LogP contribution in [0.4, 0.5) is 0 Å². The van der Waals surface area contributed by atoms with Gasteiger partial charge in [0.2, 0.25) is 0 Å². The number of carbonyl (C=O) groups excluding carboxylic acids is 1. The Kier molecular flexibility index (Phi) is 7.99. The van der Waals surface area contributed by atoms with E-state index in [1.807, 2.05) is 49.4 Å². The third-order valence-corrected chi connectivity index (χ3v) is 4.12. The summed E-state index contributed by atoms with van der Waals surface area (Å²) in [5, 5.41) is 2.86. The summed E-state index contributed by atoms with van der Waals surface area (Å²) in [6.45, 7) is 7.31. The van der Waals surface area contributed by atoms with Gasteiger partial charge in [0.1, 0.15) is 5.75 Å². The summed E-state index contributed by atoms with van der Waals surface area (Å²) in [5.41, 5.74) is 1.94. The lowest BCUT2D eigenvalue weighted by Crippen LogP contribution is -2.28. The lowest BCUT2D eigenvalue weighted by molar-refractivity contribution is -0.123. The fraction of sp³-hybridized carbons (Fsp3) is 0.409. The van der Waals surface area contributed by atoms with Gasteiger partial charge in [0, 0.05) is 6.54 Å². The van der Waals surface area contributed by atoms with E-state index in [2.05, 4.69) is 19.2 Å². The highest BCUT2D eigenvalue weighted by Crippen LogP contribution is 2.28. The fourth-order valence-corrected chi connectivity index (χ4v) is 2.46. The standard InChI is InChI=1S/C22H29NO4/c1-16(2)11-12-26-20-10-9-18(13-21(20)25-4)14-23-22(24)15-27-19-8-6-5-7-17(19)3/h5-10,13,16H,11-12,14-15H2,1-4H3,(H,23,24). The van der Waals surface area contributed by atoms with E-state index in [-0.39, 0.29) is 12.5 Å². The van der Waals surface area contributed by atoms with Gasteiger partial charge in [-0.25, -0.2) is 0 Å². The van der Waals surface area contributed by atoms with Crippen LogP contribution in [-0.4, -0.2) is 26.2 Å². The van der Waals surface area contributed by atoms with Crippen molar-refractivity contribution in [2.24, 2.45) is 5.92 Å². The number of ether oxygens (including phenoxy) is 3. The summed E-state index contributed by atoms with van der Waals surface area (Å²) in [6.07, 6.45) is 0.988. The van der Waals surface area contributed by atoms with Crippen LogP contribution in [0.3, 0.4) is 0 Å². The van der Waals surface area contributed by atoms with Gasteiger partial charge >= 0.3 is 0 Å². The Balaban J connectivity index is 1.84. The number of nitrogens with one attached hydrogen (secondary N) is 1. The number of amides is 1. The smallest absolute Gasteiger partial charge is 0.258 e. The molecule has 0 fully saturated rings. The Morgan fingerprint density at radius 2 is 1.81 bits per heavy atom. The Morgan fingerprint density at radius 1 is 1.04 bits per heavy atom. The average Bonchev–Trinajstić information content (AvgIpc) is 2.66. The van der Waals surface area contributed by atoms with Gasteiger partial charge in [0.05, 0.1) is 13.7 Å². The largest absolute Gasteiger partial charge is 0.493 e. The molecule has 0 heterocycles. The molecule has 2 aromatic rings. The van der Waals surface area contributed by atoms with Crippen LogP contribution in [0, 0.1) is 12.8 Å². The molecule has 2 rings (SSSR count). The molecule has 1 N–H and O–H groups in total. The van der Waals surface area contributed by atoms with E-state index in [1.165, 1.54) is 0 Å². The number of para-hydroxylation sites is 1. The molecule has 0 aliphatic heterocycles. The van der Waals surface area contributed by atoms with Crippen LogP contribution in [0.1, 0.15) is 31.4 Å². The third kappa shape index (κ3) is 6.85. The summed E-state index contributed by atoms with van der Waals surface area (Å²) < 4.78 is 16.8. The van der Waals surface area contributed by atoms with E-state index >= 15 is 0 Å². The normalized spacial score (nSPS) is 10.6. The van der Waals surface area contributed by atoms with Crippen molar-refractivity contribution in [2.75, 3.05) is 20.3 Å². The first-order valence-corrected chi connectivity index (χ1v) is 9.24. The summed E-state index contributed by atoms with van der Waals surface area (Å²) in [7, 11) is 1.61. The molecule has 5 nitrogen and oxygen atoms in total. The molecule has 0 saturated carbocycles. The Morgan fingerprint density at radius 3 is 2.52 bits per heavy atom. The molecule has 27 heavy (non-hydrogen) atoms. The van der Waals surface area contributed by atoms with E-state index in [9.17, 15) is 4.79 Å². The lowest BCUT2D eigenvalue weighted by Gasteiger charge is -2.14. The van der Waals surface area contributed by atoms with Gasteiger partial charge in [0.25, 0.3) is 5.91 Å². The molecule has 5 heteroatoms. The predicted octanol–water partition coefficient (Wildman–Crippen LogP) is 4.12. The van der Waals surface area contributed by atoms with Gasteiger partial charge in [-0.2, -0.15) is 0 Å². The highest BCUT2D eigenvalue weighted by atomic mass is 16.5. The maximum absolute atomic E-state index is 12.0. The SMILES string of the molecule is COc1cc(CNC(=O)COc2ccccc2C)ccc1OCCC(C)C. The molecule has 0 aromatic heterocycles. The maximum atomic E-state index is 12.0. The minimum atomic E-state index is -0.172. The molecule has 0 radical (unpaired) electrons. The molecular weight excluding hydrogens is 342 g/mol. The van der Waals surface area contributed by atoms with E-state index in [4.69, 9.17) is 14.2 Å². The summed E-state index contributed by atoms with van der Waals surface area (Å²) in [5.74, 6) is 2.52. The lowest BCUT2D eigenvalue weighted by atomic mass is 10.1. The Hall–Kier alpha value is -2.69. The first kappa shape index (κ1) is 20.6. The summed E-state index contributed by atoms with van der Waals surface area (Å²) in [4.78, 5) is 12.0. The number of rotatable bonds is 10. The van der Waals surface area contributed by atoms with E-state index in [0.29, 0.717) is 24.8 Å². The van der Waals surface area contributed by atoms with E-state index in [0.717, 1.165) is 29.0 Å². The van der Waals surface area contributed by atoms with Crippen LogP contribution < -0.4 is 19.5 Å². The first-order valence-electron chi connectivity index (χ1n) is 9.24. The van der Waals surface area contributed by atoms with Crippen LogP contribution in [0.25, 0.3) is 0 Å². The number of benzene rings is 2. The third-order valence-electron chi connectivity index (χ3n) is 4.12. The molecule has 2 aromatic carbocycles. The Labute approximate surface area is 161 Å². The van der Waals surface area contributed by atoms with Gasteiger partial charge in [-0.3, -0.25) is 4.79 Å². The molecule has 146 valence electrons. The van der Waals surface area contributed by atoms with Crippen molar-refractivity contribution in [3.63, 3.8) is 0 Å². The van der Waals surface area contributed by atoms with Crippen molar-refractivity contribution >= 4 is 5.91 Å². The van der Waals surface area contributed by atoms with Gasteiger partial charge in [-0.1, -0.05) is 38.1 Å². The van der Waals surface area contributed by atoms with Gasteiger partial charge in [0.15, 0.2) is 18.1 Å². The maximum Gasteiger partial charge on any atom is 0.258 e. The zero-order valence-corrected chi connectivity index (χ0v) is 16.6. The van der Waals surface area contributed by atoms with Crippen LogP contribution in [-0.2, 0) is 11.3 Å². The second-order valence-corrected chi connectivity index (χ2v) is 6.85. The number of methoxy groups -OCH3 is 1. The topological polar surface area (TPSA) is 56.8 Å². The van der Waals surface area contributed by atoms with Gasteiger partial charge in [-0.05, 0) is 48.6 Å². The molecule has 0 spiro atoms. The van der Waals surface area contributed by atoms with Crippen LogP contribution in [0.2, 0.25) is 0 Å². The molecule has 0 unspecified atom stereocenters. The van der Waals surface area contributed by atoms with E-state index < -0.39 is 0 Å². The van der Waals surface area contributed by atoms with Crippen molar-refractivity contribution < 1.29 is 19.0 Å². The molecule has 1 amide bonds. The van der Waals surface area contributed by atoms with Gasteiger partial charge < -0.3 is 19.5 Å². The average molecular weight is 371 g/mol. The highest BCUT2D eigenvalue weighted by molar-refractivity contribution is 5.77. The quantitative estimate of drug-likeness (QED) is 0.682. The number of carbonyl (C=O) groups is 1. The van der Waals surface area contributed by atoms with Crippen molar-refractivity contribution in [1.29, 1.82) is 0 Å². The molecule has 0 aliphatic carbocycles. The molecule has 0 saturated heterocycles. The first-order chi connectivity index (χ1) is 13.0. The van der Waals surface area contributed by atoms with Crippen LogP contribution >= 0.6 is 0 Å². The molecule has 0 bridgehead atoms. The van der Waals surface area contributed by atoms with Crippen LogP contribution in [0.15, 0.2) is 42.5 Å². The number of hydrogen-bond donors (Lipinski definition) is 1. The fourth-order valence-electron chi connectivity index (χ4n) is 2.46. The van der Waals surface area contributed by atoms with Crippen LogP contribution in [0.5, 0.6) is 17.2 Å². The van der Waals surface area contributed by atoms with Crippen molar-refractivity contribution in [3.05, 3.63) is 53.6 Å². The second kappa shape index (κ2) is 10.5. The second-order valence-electron chi connectivity index (χ2n) is 6.85. The minimum Gasteiger partial charge on any atom is -0.493 e. The zero-order chi connectivity index (χ0) is 19.6. The highest BCUT2D eigenvalue weighted by Gasteiger charge is 2.08. The number of hydrogen-bond acceptors (Lipinski definition) is 4. The van der Waals surface area contributed by atoms with E-state index in [1.54, 1.807) is 7.11 Å².